The van der Waals surface area contributed by atoms with Crippen LogP contribution in [0.15, 0.2) is 24.3 Å². The molecule has 7 heteroatoms. The molecule has 0 radical (unpaired) electrons. The third-order valence-electron chi connectivity index (χ3n) is 4.81. The molecule has 0 aliphatic carbocycles. The van der Waals surface area contributed by atoms with Crippen molar-refractivity contribution in [3.63, 3.8) is 0 Å². The van der Waals surface area contributed by atoms with Crippen LogP contribution in [0, 0.1) is 11.3 Å². The Kier molecular flexibility index (Phi) is 4.25. The quantitative estimate of drug-likeness (QED) is 0.913. The van der Waals surface area contributed by atoms with Crippen molar-refractivity contribution in [1.82, 2.24) is 15.1 Å². The first-order valence-corrected chi connectivity index (χ1v) is 8.87. The Labute approximate surface area is 151 Å². The highest BCUT2D eigenvalue weighted by molar-refractivity contribution is 5.92. The molecule has 0 saturated heterocycles. The summed E-state index contributed by atoms with van der Waals surface area (Å²) in [6.07, 6.45) is 2.66. The topological polar surface area (TPSA) is 89.2 Å². The molecule has 0 fully saturated rings. The Bertz CT molecular complexity index is 883. The van der Waals surface area contributed by atoms with Gasteiger partial charge in [0, 0.05) is 19.0 Å². The second-order valence-corrected chi connectivity index (χ2v) is 6.65. The highest BCUT2D eigenvalue weighted by Crippen LogP contribution is 2.26. The first-order chi connectivity index (χ1) is 12.7. The van der Waals surface area contributed by atoms with Crippen LogP contribution in [-0.4, -0.2) is 34.4 Å². The SMILES string of the molecule is CC[C@@H]1CCn2nc(C(=O)N[C@H]3COc4ccc(C#N)cc4C3)cc2O1. The largest absolute Gasteiger partial charge is 0.491 e. The van der Waals surface area contributed by atoms with E-state index in [1.165, 1.54) is 0 Å². The van der Waals surface area contributed by atoms with Gasteiger partial charge in [0.25, 0.3) is 5.91 Å². The van der Waals surface area contributed by atoms with Crippen LogP contribution in [0.4, 0.5) is 0 Å². The number of aryl methyl sites for hydroxylation is 1. The summed E-state index contributed by atoms with van der Waals surface area (Å²) in [5.41, 5.74) is 1.87. The number of rotatable bonds is 3. The third-order valence-corrected chi connectivity index (χ3v) is 4.81. The molecule has 2 atom stereocenters. The lowest BCUT2D eigenvalue weighted by Crippen LogP contribution is -2.42. The number of nitriles is 1. The van der Waals surface area contributed by atoms with Gasteiger partial charge >= 0.3 is 0 Å². The molecular weight excluding hydrogens is 332 g/mol. The fourth-order valence-corrected chi connectivity index (χ4v) is 3.37. The van der Waals surface area contributed by atoms with Crippen LogP contribution in [0.1, 0.15) is 41.4 Å². The van der Waals surface area contributed by atoms with E-state index in [0.717, 1.165) is 30.7 Å². The van der Waals surface area contributed by atoms with Crippen LogP contribution in [0.2, 0.25) is 0 Å². The Morgan fingerprint density at radius 3 is 3.15 bits per heavy atom. The van der Waals surface area contributed by atoms with Crippen molar-refractivity contribution in [2.45, 2.75) is 44.9 Å². The van der Waals surface area contributed by atoms with Gasteiger partial charge in [-0.2, -0.15) is 10.4 Å². The number of ether oxygens (including phenoxy) is 2. The summed E-state index contributed by atoms with van der Waals surface area (Å²) in [4.78, 5) is 12.6. The van der Waals surface area contributed by atoms with E-state index in [0.29, 0.717) is 30.2 Å². The van der Waals surface area contributed by atoms with Crippen molar-refractivity contribution in [2.24, 2.45) is 0 Å². The minimum atomic E-state index is -0.239. The van der Waals surface area contributed by atoms with Gasteiger partial charge in [-0.3, -0.25) is 4.79 Å². The summed E-state index contributed by atoms with van der Waals surface area (Å²) < 4.78 is 13.3. The molecule has 0 unspecified atom stereocenters. The highest BCUT2D eigenvalue weighted by Gasteiger charge is 2.26. The van der Waals surface area contributed by atoms with E-state index in [9.17, 15) is 4.79 Å². The second-order valence-electron chi connectivity index (χ2n) is 6.65. The maximum Gasteiger partial charge on any atom is 0.272 e. The van der Waals surface area contributed by atoms with Gasteiger partial charge in [0.05, 0.1) is 17.7 Å². The number of nitrogens with zero attached hydrogens (tertiary/aromatic N) is 3. The number of aromatic nitrogens is 2. The maximum atomic E-state index is 12.6. The Morgan fingerprint density at radius 1 is 1.46 bits per heavy atom. The predicted molar refractivity (Wildman–Crippen MR) is 93.2 cm³/mol. The van der Waals surface area contributed by atoms with Gasteiger partial charge in [-0.05, 0) is 36.6 Å². The van der Waals surface area contributed by atoms with Crippen LogP contribution in [0.5, 0.6) is 11.6 Å². The number of nitrogens with one attached hydrogen (secondary N) is 1. The first-order valence-electron chi connectivity index (χ1n) is 8.87. The minimum absolute atomic E-state index is 0.160. The normalized spacial score (nSPS) is 20.8. The number of carbonyl (C=O) groups is 1. The van der Waals surface area contributed by atoms with E-state index >= 15 is 0 Å². The zero-order chi connectivity index (χ0) is 18.1. The van der Waals surface area contributed by atoms with Gasteiger partial charge < -0.3 is 14.8 Å². The molecule has 1 aromatic carbocycles. The van der Waals surface area contributed by atoms with Gasteiger partial charge in [0.1, 0.15) is 18.5 Å². The van der Waals surface area contributed by atoms with E-state index < -0.39 is 0 Å². The van der Waals surface area contributed by atoms with Crippen molar-refractivity contribution in [3.05, 3.63) is 41.1 Å². The van der Waals surface area contributed by atoms with E-state index in [-0.39, 0.29) is 18.1 Å². The monoisotopic (exact) mass is 352 g/mol. The standard InChI is InChI=1S/C19H20N4O3/c1-2-15-5-6-23-18(26-15)9-16(22-23)19(24)21-14-8-13-7-12(10-20)3-4-17(13)25-11-14/h3-4,7,9,14-15H,2,5-6,8,11H2,1H3,(H,21,24)/t14-,15-/m1/s1. The molecule has 1 amide bonds. The number of carbonyl (C=O) groups excluding carboxylic acids is 1. The molecule has 3 heterocycles. The van der Waals surface area contributed by atoms with Crippen LogP contribution in [0.3, 0.4) is 0 Å². The number of amides is 1. The molecule has 134 valence electrons. The molecule has 0 spiro atoms. The molecular formula is C19H20N4O3. The predicted octanol–water partition coefficient (Wildman–Crippen LogP) is 2.05. The summed E-state index contributed by atoms with van der Waals surface area (Å²) in [7, 11) is 0. The molecule has 2 aromatic rings. The summed E-state index contributed by atoms with van der Waals surface area (Å²) in [6, 6.07) is 9.00. The van der Waals surface area contributed by atoms with Gasteiger partial charge in [-0.15, -0.1) is 0 Å². The molecule has 1 aromatic heterocycles. The summed E-state index contributed by atoms with van der Waals surface area (Å²) in [5.74, 6) is 1.18. The molecule has 1 N–H and O–H groups in total. The van der Waals surface area contributed by atoms with E-state index in [2.05, 4.69) is 23.4 Å². The molecule has 2 aliphatic rings. The van der Waals surface area contributed by atoms with Gasteiger partial charge in [-0.25, -0.2) is 4.68 Å². The average molecular weight is 352 g/mol. The molecule has 0 saturated carbocycles. The lowest BCUT2D eigenvalue weighted by atomic mass is 10.0. The molecule has 0 bridgehead atoms. The van der Waals surface area contributed by atoms with E-state index in [1.807, 2.05) is 6.07 Å². The van der Waals surface area contributed by atoms with Crippen molar-refractivity contribution < 1.29 is 14.3 Å². The summed E-state index contributed by atoms with van der Waals surface area (Å²) >= 11 is 0. The smallest absolute Gasteiger partial charge is 0.272 e. The maximum absolute atomic E-state index is 12.6. The van der Waals surface area contributed by atoms with Gasteiger partial charge in [0.15, 0.2) is 5.69 Å². The molecule has 2 aliphatic heterocycles. The van der Waals surface area contributed by atoms with Gasteiger partial charge in [0.2, 0.25) is 5.88 Å². The highest BCUT2D eigenvalue weighted by atomic mass is 16.5. The van der Waals surface area contributed by atoms with E-state index in [1.54, 1.807) is 22.9 Å². The van der Waals surface area contributed by atoms with Crippen molar-refractivity contribution in [3.8, 4) is 17.7 Å². The van der Waals surface area contributed by atoms with Crippen LogP contribution >= 0.6 is 0 Å². The molecule has 7 nitrogen and oxygen atoms in total. The van der Waals surface area contributed by atoms with Crippen LogP contribution < -0.4 is 14.8 Å². The van der Waals surface area contributed by atoms with Crippen molar-refractivity contribution >= 4 is 5.91 Å². The summed E-state index contributed by atoms with van der Waals surface area (Å²) in [5, 5.41) is 16.4. The average Bonchev–Trinajstić information content (AvgIpc) is 3.10. The van der Waals surface area contributed by atoms with Crippen LogP contribution in [-0.2, 0) is 13.0 Å². The zero-order valence-corrected chi connectivity index (χ0v) is 14.6. The first kappa shape index (κ1) is 16.5. The number of hydrogen-bond donors (Lipinski definition) is 1. The van der Waals surface area contributed by atoms with Crippen molar-refractivity contribution in [2.75, 3.05) is 6.61 Å². The van der Waals surface area contributed by atoms with Gasteiger partial charge in [-0.1, -0.05) is 6.92 Å². The molecule has 4 rings (SSSR count). The number of hydrogen-bond acceptors (Lipinski definition) is 5. The lowest BCUT2D eigenvalue weighted by Gasteiger charge is -2.25. The zero-order valence-electron chi connectivity index (χ0n) is 14.6. The Morgan fingerprint density at radius 2 is 2.35 bits per heavy atom. The fraction of sp³-hybridized carbons (Fsp3) is 0.421. The Hall–Kier alpha value is -3.01. The van der Waals surface area contributed by atoms with E-state index in [4.69, 9.17) is 14.7 Å². The lowest BCUT2D eigenvalue weighted by molar-refractivity contribution is 0.0909. The molecule has 26 heavy (non-hydrogen) atoms. The number of benzene rings is 1. The summed E-state index contributed by atoms with van der Waals surface area (Å²) in [6.45, 7) is 3.24. The second kappa shape index (κ2) is 6.71. The van der Waals surface area contributed by atoms with Crippen LogP contribution in [0.25, 0.3) is 0 Å². The third kappa shape index (κ3) is 3.10. The number of fused-ring (bicyclic) bond motifs is 2. The fourth-order valence-electron chi connectivity index (χ4n) is 3.37. The van der Waals surface area contributed by atoms with Crippen molar-refractivity contribution in [1.29, 1.82) is 5.26 Å². The minimum Gasteiger partial charge on any atom is -0.491 e. The Balaban J connectivity index is 1.44.